The van der Waals surface area contributed by atoms with E-state index in [9.17, 15) is 36.9 Å². The number of carbonyl (C=O) groups excluding carboxylic acids is 1. The first-order valence-corrected chi connectivity index (χ1v) is 10.2. The van der Waals surface area contributed by atoms with Crippen LogP contribution in [0.25, 0.3) is 0 Å². The van der Waals surface area contributed by atoms with Gasteiger partial charge in [0.05, 0.1) is 17.6 Å². The molecular formula is C18H18F5N3O5S. The lowest BCUT2D eigenvalue weighted by Gasteiger charge is -2.36. The van der Waals surface area contributed by atoms with Gasteiger partial charge < -0.3 is 9.47 Å². The molecule has 14 heteroatoms. The summed E-state index contributed by atoms with van der Waals surface area (Å²) in [5.41, 5.74) is -4.67. The molecule has 0 aliphatic carbocycles. The van der Waals surface area contributed by atoms with Crippen molar-refractivity contribution in [3.63, 3.8) is 0 Å². The zero-order valence-corrected chi connectivity index (χ0v) is 17.8. The number of carbonyl (C=O) groups is 1. The second kappa shape index (κ2) is 8.14. The Bertz CT molecular complexity index is 981. The summed E-state index contributed by atoms with van der Waals surface area (Å²) < 4.78 is 79.6. The van der Waals surface area contributed by atoms with E-state index in [2.05, 4.69) is 10.3 Å². The smallest absolute Gasteiger partial charge is 0.415 e. The monoisotopic (exact) mass is 483 g/mol. The first-order valence-electron chi connectivity index (χ1n) is 9.19. The van der Waals surface area contributed by atoms with E-state index >= 15 is 0 Å². The van der Waals surface area contributed by atoms with Gasteiger partial charge in [0.1, 0.15) is 11.1 Å². The van der Waals surface area contributed by atoms with Crippen LogP contribution < -0.4 is 5.32 Å². The number of nitrogens with zero attached hydrogens (tertiary/aromatic N) is 2. The van der Waals surface area contributed by atoms with Gasteiger partial charge in [-0.2, -0.15) is 13.2 Å². The summed E-state index contributed by atoms with van der Waals surface area (Å²) >= 11 is 0.736. The van der Waals surface area contributed by atoms with Gasteiger partial charge in [-0.25, -0.2) is 18.6 Å². The quantitative estimate of drug-likeness (QED) is 0.383. The summed E-state index contributed by atoms with van der Waals surface area (Å²) in [4.78, 5) is 26.3. The summed E-state index contributed by atoms with van der Waals surface area (Å²) in [6, 6.07) is 0.959. The Morgan fingerprint density at radius 3 is 2.56 bits per heavy atom. The molecular weight excluding hydrogens is 465 g/mol. The summed E-state index contributed by atoms with van der Waals surface area (Å²) in [6.07, 6.45) is -8.19. The number of alkyl carbamates (subject to hydrolysis) is 1. The minimum absolute atomic E-state index is 0.215. The molecule has 0 bridgehead atoms. The Labute approximate surface area is 182 Å². The largest absolute Gasteiger partial charge is 0.444 e. The number of benzene rings is 1. The van der Waals surface area contributed by atoms with E-state index in [1.165, 1.54) is 0 Å². The Morgan fingerprint density at radius 2 is 2.00 bits per heavy atom. The Kier molecular flexibility index (Phi) is 6.15. The number of aliphatic imine (C=N–C) groups is 1. The van der Waals surface area contributed by atoms with Gasteiger partial charge in [0, 0.05) is 23.3 Å². The fourth-order valence-electron chi connectivity index (χ4n) is 3.52. The second-order valence-corrected chi connectivity index (χ2v) is 9.21. The average molecular weight is 483 g/mol. The zero-order chi connectivity index (χ0) is 24.1. The molecule has 3 unspecified atom stereocenters. The fourth-order valence-corrected chi connectivity index (χ4v) is 4.69. The molecule has 0 aromatic heterocycles. The van der Waals surface area contributed by atoms with E-state index in [1.807, 2.05) is 0 Å². The Hall–Kier alpha value is -2.48. The SMILES string of the molecule is CC(C)(C)OC(=O)NC1=NC2(c3cc([N+](=O)[O-])cc(F)c3F)COC(C(F)(F)F)C2CS1. The van der Waals surface area contributed by atoms with Crippen LogP contribution in [0.1, 0.15) is 26.3 Å². The number of nitrogens with one attached hydrogen (secondary N) is 1. The molecule has 176 valence electrons. The number of thioether (sulfide) groups is 1. The number of ether oxygens (including phenoxy) is 2. The van der Waals surface area contributed by atoms with Gasteiger partial charge in [0.2, 0.25) is 0 Å². The van der Waals surface area contributed by atoms with Crippen molar-refractivity contribution in [3.05, 3.63) is 39.4 Å². The van der Waals surface area contributed by atoms with Gasteiger partial charge in [-0.3, -0.25) is 15.4 Å². The molecule has 1 amide bonds. The summed E-state index contributed by atoms with van der Waals surface area (Å²) in [7, 11) is 0. The normalized spacial score (nSPS) is 25.7. The van der Waals surface area contributed by atoms with Crippen LogP contribution in [0.5, 0.6) is 0 Å². The molecule has 0 spiro atoms. The highest BCUT2D eigenvalue weighted by molar-refractivity contribution is 8.13. The maximum atomic E-state index is 14.8. The van der Waals surface area contributed by atoms with Crippen molar-refractivity contribution in [2.45, 2.75) is 44.2 Å². The van der Waals surface area contributed by atoms with Gasteiger partial charge >= 0.3 is 12.3 Å². The number of alkyl halides is 3. The predicted molar refractivity (Wildman–Crippen MR) is 103 cm³/mol. The van der Waals surface area contributed by atoms with Crippen molar-refractivity contribution in [2.75, 3.05) is 12.4 Å². The lowest BCUT2D eigenvalue weighted by molar-refractivity contribution is -0.385. The van der Waals surface area contributed by atoms with Crippen LogP contribution in [0, 0.1) is 27.7 Å². The maximum absolute atomic E-state index is 14.8. The van der Waals surface area contributed by atoms with Crippen LogP contribution >= 0.6 is 11.8 Å². The second-order valence-electron chi connectivity index (χ2n) is 8.21. The molecule has 0 radical (unpaired) electrons. The zero-order valence-electron chi connectivity index (χ0n) is 17.0. The molecule has 1 aromatic carbocycles. The number of hydrogen-bond acceptors (Lipinski definition) is 7. The van der Waals surface area contributed by atoms with E-state index < -0.39 is 69.8 Å². The summed E-state index contributed by atoms with van der Waals surface area (Å²) in [6.45, 7) is 3.92. The minimum Gasteiger partial charge on any atom is -0.444 e. The third-order valence-electron chi connectivity index (χ3n) is 4.78. The summed E-state index contributed by atoms with van der Waals surface area (Å²) in [5, 5.41) is 13.2. The van der Waals surface area contributed by atoms with Crippen molar-refractivity contribution in [2.24, 2.45) is 10.9 Å². The number of halogens is 5. The van der Waals surface area contributed by atoms with E-state index in [1.54, 1.807) is 20.8 Å². The highest BCUT2D eigenvalue weighted by atomic mass is 32.2. The van der Waals surface area contributed by atoms with E-state index in [-0.39, 0.29) is 10.9 Å². The highest BCUT2D eigenvalue weighted by Gasteiger charge is 2.62. The first-order chi connectivity index (χ1) is 14.6. The third-order valence-corrected chi connectivity index (χ3v) is 5.78. The molecule has 2 heterocycles. The lowest BCUT2D eigenvalue weighted by atomic mass is 9.78. The molecule has 2 aliphatic heterocycles. The van der Waals surface area contributed by atoms with Crippen molar-refractivity contribution in [1.82, 2.24) is 5.32 Å². The van der Waals surface area contributed by atoms with Crippen LogP contribution in [0.4, 0.5) is 32.4 Å². The standard InChI is InChI=1S/C18H18F5N3O5S/c1-16(2,3)31-15(27)24-14-25-17(7-30-13(18(21,22)23)10(17)6-32-14)9-4-8(26(28)29)5-11(19)12(9)20/h4-5,10,13H,6-7H2,1-3H3,(H,24,25,27). The van der Waals surface area contributed by atoms with Crippen LogP contribution in [-0.2, 0) is 15.0 Å². The fraction of sp³-hybridized carbons (Fsp3) is 0.556. The number of nitro groups is 1. The third kappa shape index (κ3) is 4.65. The van der Waals surface area contributed by atoms with Crippen LogP contribution in [-0.4, -0.2) is 46.4 Å². The van der Waals surface area contributed by atoms with Crippen LogP contribution in [0.3, 0.4) is 0 Å². The van der Waals surface area contributed by atoms with Crippen molar-refractivity contribution >= 4 is 28.7 Å². The van der Waals surface area contributed by atoms with Crippen molar-refractivity contribution < 1.29 is 41.1 Å². The average Bonchev–Trinajstić information content (AvgIpc) is 3.01. The Balaban J connectivity index is 2.12. The number of hydrogen-bond donors (Lipinski definition) is 1. The first kappa shape index (κ1) is 24.2. The van der Waals surface area contributed by atoms with Gasteiger partial charge in [0.25, 0.3) is 5.69 Å². The number of non-ortho nitro benzene ring substituents is 1. The van der Waals surface area contributed by atoms with Gasteiger partial charge in [-0.1, -0.05) is 11.8 Å². The minimum atomic E-state index is -4.85. The number of amides is 1. The number of fused-ring (bicyclic) bond motifs is 1. The molecule has 0 saturated carbocycles. The molecule has 1 N–H and O–H groups in total. The number of nitro benzene ring substituents is 1. The highest BCUT2D eigenvalue weighted by Crippen LogP contribution is 2.52. The van der Waals surface area contributed by atoms with E-state index in [0.29, 0.717) is 12.1 Å². The molecule has 1 fully saturated rings. The molecule has 3 atom stereocenters. The van der Waals surface area contributed by atoms with E-state index in [0.717, 1.165) is 11.8 Å². The number of rotatable bonds is 2. The molecule has 2 aliphatic rings. The van der Waals surface area contributed by atoms with Gasteiger partial charge in [-0.15, -0.1) is 0 Å². The van der Waals surface area contributed by atoms with E-state index in [4.69, 9.17) is 9.47 Å². The van der Waals surface area contributed by atoms with Crippen LogP contribution in [0.2, 0.25) is 0 Å². The predicted octanol–water partition coefficient (Wildman–Crippen LogP) is 4.27. The number of amidine groups is 1. The van der Waals surface area contributed by atoms with Gasteiger partial charge in [0.15, 0.2) is 22.9 Å². The maximum Gasteiger partial charge on any atom is 0.415 e. The Morgan fingerprint density at radius 1 is 1.34 bits per heavy atom. The van der Waals surface area contributed by atoms with Crippen molar-refractivity contribution in [3.8, 4) is 0 Å². The molecule has 1 aromatic rings. The summed E-state index contributed by atoms with van der Waals surface area (Å²) in [5.74, 6) is -5.08. The van der Waals surface area contributed by atoms with Crippen LogP contribution in [0.15, 0.2) is 17.1 Å². The molecule has 3 rings (SSSR count). The lowest BCUT2D eigenvalue weighted by Crippen LogP contribution is -2.47. The topological polar surface area (TPSA) is 103 Å². The molecule has 1 saturated heterocycles. The molecule has 8 nitrogen and oxygen atoms in total. The van der Waals surface area contributed by atoms with Gasteiger partial charge in [-0.05, 0) is 20.8 Å². The molecule has 32 heavy (non-hydrogen) atoms. The van der Waals surface area contributed by atoms with Crippen molar-refractivity contribution in [1.29, 1.82) is 0 Å².